The molecule has 4 nitrogen and oxygen atoms in total. The van der Waals surface area contributed by atoms with Gasteiger partial charge in [0.1, 0.15) is 0 Å². The summed E-state index contributed by atoms with van der Waals surface area (Å²) in [6.45, 7) is 3.93. The summed E-state index contributed by atoms with van der Waals surface area (Å²) in [5.41, 5.74) is 1.63. The molecule has 0 radical (unpaired) electrons. The molecule has 0 saturated carbocycles. The van der Waals surface area contributed by atoms with Gasteiger partial charge in [-0.3, -0.25) is 4.68 Å². The fourth-order valence-electron chi connectivity index (χ4n) is 1.64. The van der Waals surface area contributed by atoms with E-state index < -0.39 is 5.97 Å². The highest BCUT2D eigenvalue weighted by molar-refractivity contribution is 5.93. The molecule has 2 rings (SSSR count). The number of hydrogen-bond donors (Lipinski definition) is 1. The van der Waals surface area contributed by atoms with Gasteiger partial charge >= 0.3 is 5.97 Å². The Hall–Kier alpha value is -2.10. The van der Waals surface area contributed by atoms with Crippen molar-refractivity contribution in [3.63, 3.8) is 0 Å². The third-order valence-electron chi connectivity index (χ3n) is 2.55. The van der Waals surface area contributed by atoms with Crippen LogP contribution < -0.4 is 0 Å². The summed E-state index contributed by atoms with van der Waals surface area (Å²) in [5.74, 6) is -0.997. The molecule has 0 saturated heterocycles. The van der Waals surface area contributed by atoms with Crippen LogP contribution >= 0.6 is 0 Å². The quantitative estimate of drug-likeness (QED) is 0.882. The SMILES string of the molecule is CC(C)n1cc(-c2ccccc2)c(C(=O)O)n1. The van der Waals surface area contributed by atoms with Crippen molar-refractivity contribution in [1.29, 1.82) is 0 Å². The van der Waals surface area contributed by atoms with E-state index in [2.05, 4.69) is 5.10 Å². The molecule has 0 atom stereocenters. The molecule has 0 spiro atoms. The standard InChI is InChI=1S/C13H14N2O2/c1-9(2)15-8-11(12(14-15)13(16)17)10-6-4-3-5-7-10/h3-9H,1-2H3,(H,16,17). The fraction of sp³-hybridized carbons (Fsp3) is 0.231. The number of hydrogen-bond acceptors (Lipinski definition) is 2. The molecule has 0 aliphatic heterocycles. The number of benzene rings is 1. The molecule has 4 heteroatoms. The summed E-state index contributed by atoms with van der Waals surface area (Å²) >= 11 is 0. The predicted molar refractivity (Wildman–Crippen MR) is 65.0 cm³/mol. The zero-order valence-corrected chi connectivity index (χ0v) is 9.79. The summed E-state index contributed by atoms with van der Waals surface area (Å²) < 4.78 is 1.67. The van der Waals surface area contributed by atoms with E-state index in [-0.39, 0.29) is 11.7 Å². The van der Waals surface area contributed by atoms with Crippen LogP contribution in [-0.4, -0.2) is 20.9 Å². The minimum Gasteiger partial charge on any atom is -0.476 e. The second-order valence-electron chi connectivity index (χ2n) is 4.14. The lowest BCUT2D eigenvalue weighted by Crippen LogP contribution is -2.04. The molecule has 1 N–H and O–H groups in total. The number of rotatable bonds is 3. The highest BCUT2D eigenvalue weighted by atomic mass is 16.4. The Morgan fingerprint density at radius 1 is 1.29 bits per heavy atom. The van der Waals surface area contributed by atoms with Crippen LogP contribution in [-0.2, 0) is 0 Å². The lowest BCUT2D eigenvalue weighted by Gasteiger charge is -2.02. The van der Waals surface area contributed by atoms with Gasteiger partial charge < -0.3 is 5.11 Å². The van der Waals surface area contributed by atoms with Gasteiger partial charge in [0.15, 0.2) is 5.69 Å². The van der Waals surface area contributed by atoms with Crippen molar-refractivity contribution in [2.45, 2.75) is 19.9 Å². The Kier molecular flexibility index (Phi) is 2.95. The van der Waals surface area contributed by atoms with E-state index in [9.17, 15) is 4.79 Å². The number of carboxylic acids is 1. The van der Waals surface area contributed by atoms with Crippen molar-refractivity contribution in [3.05, 3.63) is 42.2 Å². The van der Waals surface area contributed by atoms with E-state index >= 15 is 0 Å². The van der Waals surface area contributed by atoms with Gasteiger partial charge in [-0.15, -0.1) is 0 Å². The Bertz CT molecular complexity index is 530. The zero-order valence-electron chi connectivity index (χ0n) is 9.79. The number of carbonyl (C=O) groups is 1. The van der Waals surface area contributed by atoms with Gasteiger partial charge in [-0.25, -0.2) is 4.79 Å². The highest BCUT2D eigenvalue weighted by Crippen LogP contribution is 2.24. The van der Waals surface area contributed by atoms with Crippen molar-refractivity contribution in [2.75, 3.05) is 0 Å². The van der Waals surface area contributed by atoms with Crippen LogP contribution in [0.25, 0.3) is 11.1 Å². The van der Waals surface area contributed by atoms with Gasteiger partial charge in [0, 0.05) is 17.8 Å². The molecule has 0 aliphatic carbocycles. The summed E-state index contributed by atoms with van der Waals surface area (Å²) in [4.78, 5) is 11.2. The number of aromatic nitrogens is 2. The highest BCUT2D eigenvalue weighted by Gasteiger charge is 2.17. The molecule has 1 aromatic heterocycles. The van der Waals surface area contributed by atoms with E-state index in [1.165, 1.54) is 0 Å². The lowest BCUT2D eigenvalue weighted by atomic mass is 10.1. The van der Waals surface area contributed by atoms with Crippen LogP contribution in [0.2, 0.25) is 0 Å². The molecule has 0 aliphatic rings. The van der Waals surface area contributed by atoms with E-state index in [0.29, 0.717) is 5.56 Å². The first-order valence-corrected chi connectivity index (χ1v) is 5.47. The van der Waals surface area contributed by atoms with Crippen LogP contribution in [0.4, 0.5) is 0 Å². The third kappa shape index (κ3) is 2.20. The first kappa shape index (κ1) is 11.4. The van der Waals surface area contributed by atoms with E-state index in [1.807, 2.05) is 44.2 Å². The first-order chi connectivity index (χ1) is 8.09. The Morgan fingerprint density at radius 2 is 1.94 bits per heavy atom. The summed E-state index contributed by atoms with van der Waals surface area (Å²) in [7, 11) is 0. The van der Waals surface area contributed by atoms with E-state index in [4.69, 9.17) is 5.11 Å². The van der Waals surface area contributed by atoms with Crippen LogP contribution in [0, 0.1) is 0 Å². The average Bonchev–Trinajstić information content (AvgIpc) is 2.75. The summed E-state index contributed by atoms with van der Waals surface area (Å²) in [6.07, 6.45) is 1.78. The van der Waals surface area contributed by atoms with Crippen LogP contribution in [0.15, 0.2) is 36.5 Å². The van der Waals surface area contributed by atoms with Crippen LogP contribution in [0.1, 0.15) is 30.4 Å². The minimum atomic E-state index is -0.997. The molecular formula is C13H14N2O2. The second kappa shape index (κ2) is 4.41. The maximum atomic E-state index is 11.2. The third-order valence-corrected chi connectivity index (χ3v) is 2.55. The van der Waals surface area contributed by atoms with Gasteiger partial charge in [-0.05, 0) is 19.4 Å². The molecule has 1 heterocycles. The molecule has 2 aromatic rings. The lowest BCUT2D eigenvalue weighted by molar-refractivity contribution is 0.0690. The van der Waals surface area contributed by atoms with E-state index in [0.717, 1.165) is 5.56 Å². The van der Waals surface area contributed by atoms with Crippen LogP contribution in [0.5, 0.6) is 0 Å². The average molecular weight is 230 g/mol. The van der Waals surface area contributed by atoms with Gasteiger partial charge in [-0.1, -0.05) is 30.3 Å². The molecule has 0 fully saturated rings. The normalized spacial score (nSPS) is 10.8. The van der Waals surface area contributed by atoms with Crippen molar-refractivity contribution < 1.29 is 9.90 Å². The van der Waals surface area contributed by atoms with Gasteiger partial charge in [-0.2, -0.15) is 5.10 Å². The molecule has 1 aromatic carbocycles. The number of nitrogens with zero attached hydrogens (tertiary/aromatic N) is 2. The molecular weight excluding hydrogens is 216 g/mol. The van der Waals surface area contributed by atoms with Crippen LogP contribution in [0.3, 0.4) is 0 Å². The molecule has 17 heavy (non-hydrogen) atoms. The first-order valence-electron chi connectivity index (χ1n) is 5.47. The van der Waals surface area contributed by atoms with E-state index in [1.54, 1.807) is 10.9 Å². The van der Waals surface area contributed by atoms with Crippen molar-refractivity contribution in [3.8, 4) is 11.1 Å². The predicted octanol–water partition coefficient (Wildman–Crippen LogP) is 2.83. The zero-order chi connectivity index (χ0) is 12.4. The molecule has 0 bridgehead atoms. The largest absolute Gasteiger partial charge is 0.476 e. The number of aromatic carboxylic acids is 1. The van der Waals surface area contributed by atoms with Gasteiger partial charge in [0.25, 0.3) is 0 Å². The van der Waals surface area contributed by atoms with Gasteiger partial charge in [0.2, 0.25) is 0 Å². The second-order valence-corrected chi connectivity index (χ2v) is 4.14. The van der Waals surface area contributed by atoms with Crippen molar-refractivity contribution in [1.82, 2.24) is 9.78 Å². The number of carboxylic acid groups (broad SMARTS) is 1. The Labute approximate surface area is 99.5 Å². The molecule has 0 amide bonds. The fourth-order valence-corrected chi connectivity index (χ4v) is 1.64. The van der Waals surface area contributed by atoms with Crippen molar-refractivity contribution in [2.24, 2.45) is 0 Å². The topological polar surface area (TPSA) is 55.1 Å². The minimum absolute atomic E-state index is 0.102. The smallest absolute Gasteiger partial charge is 0.357 e. The maximum Gasteiger partial charge on any atom is 0.357 e. The molecule has 88 valence electrons. The molecule has 0 unspecified atom stereocenters. The van der Waals surface area contributed by atoms with Gasteiger partial charge in [0.05, 0.1) is 0 Å². The summed E-state index contributed by atoms with van der Waals surface area (Å²) in [6, 6.07) is 9.57. The van der Waals surface area contributed by atoms with Crippen molar-refractivity contribution >= 4 is 5.97 Å². The summed E-state index contributed by atoms with van der Waals surface area (Å²) in [5, 5.41) is 13.2. The maximum absolute atomic E-state index is 11.2. The Balaban J connectivity index is 2.56. The Morgan fingerprint density at radius 3 is 2.47 bits per heavy atom. The monoisotopic (exact) mass is 230 g/mol.